The predicted molar refractivity (Wildman–Crippen MR) is 214 cm³/mol. The lowest BCUT2D eigenvalue weighted by Crippen LogP contribution is -2.66. The second-order valence-corrected chi connectivity index (χ2v) is 20.6. The molecule has 0 aliphatic heterocycles. The number of carbonyl (C=O) groups is 3. The second kappa shape index (κ2) is 13.9. The lowest BCUT2D eigenvalue weighted by Gasteiger charge is -2.72. The number of fused-ring (bicyclic) bond motifs is 7. The highest BCUT2D eigenvalue weighted by atomic mass is 19.1. The third kappa shape index (κ3) is 5.95. The molecule has 9 nitrogen and oxygen atoms in total. The van der Waals surface area contributed by atoms with Crippen molar-refractivity contribution in [2.75, 3.05) is 13.6 Å². The molecule has 56 heavy (non-hydrogen) atoms. The normalized spacial score (nSPS) is 35.1. The van der Waals surface area contributed by atoms with Gasteiger partial charge < -0.3 is 19.7 Å². The van der Waals surface area contributed by atoms with Crippen LogP contribution in [0.4, 0.5) is 4.39 Å². The van der Waals surface area contributed by atoms with E-state index in [2.05, 4.69) is 58.4 Å². The van der Waals surface area contributed by atoms with Crippen molar-refractivity contribution in [2.24, 2.45) is 50.7 Å². The molecule has 1 heterocycles. The van der Waals surface area contributed by atoms with Crippen molar-refractivity contribution in [2.45, 2.75) is 145 Å². The first kappa shape index (κ1) is 40.8. The molecule has 8 atom stereocenters. The topological polar surface area (TPSA) is 123 Å². The summed E-state index contributed by atoms with van der Waals surface area (Å²) in [5.74, 6) is 1.25. The first-order chi connectivity index (χ1) is 26.2. The summed E-state index contributed by atoms with van der Waals surface area (Å²) in [5, 5.41) is 22.7. The Morgan fingerprint density at radius 1 is 0.964 bits per heavy atom. The Morgan fingerprint density at radius 3 is 2.30 bits per heavy atom. The molecule has 2 N–H and O–H groups in total. The fraction of sp³-hybridized carbons (Fsp3) is 0.717. The van der Waals surface area contributed by atoms with Crippen LogP contribution in [0.5, 0.6) is 0 Å². The Labute approximate surface area is 333 Å². The number of rotatable bonds is 10. The molecule has 0 amide bonds. The van der Waals surface area contributed by atoms with Gasteiger partial charge in [0.2, 0.25) is 0 Å². The average Bonchev–Trinajstić information content (AvgIpc) is 3.68. The standard InChI is InChI=1S/C46H65FN4O5/c1-27(2)36-31(52)25-46(39-50-49-38(51(39)24-23-48-10)28-11-13-29(47)14-12-28)22-21-44(8)30(37(36)46)15-16-33-43(7)19-18-34(56-35(53)26-41(3,4)40(54)55)42(5,6)32(43)17-20-45(33,44)9/h11-14,27,30,32-34,48H,15-26H2,1-10H3,(H,54,55)/t30-,32+,33?,34+,43+,44-,45-,46-/m1/s1. The molecule has 4 fully saturated rings. The second-order valence-electron chi connectivity index (χ2n) is 20.6. The molecule has 1 aromatic carbocycles. The van der Waals surface area contributed by atoms with E-state index in [1.165, 1.54) is 17.7 Å². The summed E-state index contributed by atoms with van der Waals surface area (Å²) in [6, 6.07) is 6.47. The summed E-state index contributed by atoms with van der Waals surface area (Å²) >= 11 is 0. The highest BCUT2D eigenvalue weighted by molar-refractivity contribution is 6.01. The van der Waals surface area contributed by atoms with Crippen LogP contribution in [0.25, 0.3) is 11.4 Å². The van der Waals surface area contributed by atoms with Gasteiger partial charge in [0.1, 0.15) is 17.7 Å². The third-order valence-corrected chi connectivity index (χ3v) is 16.7. The van der Waals surface area contributed by atoms with E-state index in [-0.39, 0.29) is 57.6 Å². The number of aliphatic carboxylic acids is 1. The van der Waals surface area contributed by atoms with Crippen LogP contribution < -0.4 is 5.32 Å². The molecule has 1 unspecified atom stereocenters. The van der Waals surface area contributed by atoms with Crippen molar-refractivity contribution in [3.8, 4) is 11.4 Å². The molecule has 7 rings (SSSR count). The van der Waals surface area contributed by atoms with Gasteiger partial charge in [0, 0.05) is 30.5 Å². The smallest absolute Gasteiger partial charge is 0.309 e. The zero-order chi connectivity index (χ0) is 40.8. The zero-order valence-electron chi connectivity index (χ0n) is 35.5. The van der Waals surface area contributed by atoms with Crippen molar-refractivity contribution in [3.63, 3.8) is 0 Å². The van der Waals surface area contributed by atoms with E-state index in [1.807, 2.05) is 7.05 Å². The van der Waals surface area contributed by atoms with E-state index >= 15 is 0 Å². The van der Waals surface area contributed by atoms with E-state index in [1.54, 1.807) is 26.0 Å². The number of benzene rings is 1. The first-order valence-corrected chi connectivity index (χ1v) is 21.2. The lowest BCUT2D eigenvalue weighted by atomic mass is 9.33. The summed E-state index contributed by atoms with van der Waals surface area (Å²) < 4.78 is 22.4. The van der Waals surface area contributed by atoms with E-state index < -0.39 is 22.8 Å². The van der Waals surface area contributed by atoms with E-state index in [0.717, 1.165) is 68.3 Å². The minimum atomic E-state index is -1.18. The van der Waals surface area contributed by atoms with Crippen LogP contribution in [-0.4, -0.2) is 57.3 Å². The van der Waals surface area contributed by atoms with Gasteiger partial charge in [-0.1, -0.05) is 48.5 Å². The number of allylic oxidation sites excluding steroid dienone is 2. The Hall–Kier alpha value is -3.40. The summed E-state index contributed by atoms with van der Waals surface area (Å²) in [7, 11) is 1.94. The zero-order valence-corrected chi connectivity index (χ0v) is 35.5. The molecule has 5 aliphatic carbocycles. The summed E-state index contributed by atoms with van der Waals surface area (Å²) in [6.45, 7) is 21.0. The number of carboxylic acid groups (broad SMARTS) is 1. The first-order valence-electron chi connectivity index (χ1n) is 21.2. The molecule has 1 aromatic heterocycles. The number of carboxylic acids is 1. The maximum atomic E-state index is 14.4. The maximum absolute atomic E-state index is 14.4. The Balaban J connectivity index is 1.24. The number of likely N-dealkylation sites (N-methyl/N-ethyl adjacent to an activating group) is 1. The van der Waals surface area contributed by atoms with Crippen LogP contribution in [0.1, 0.15) is 132 Å². The van der Waals surface area contributed by atoms with Gasteiger partial charge in [-0.25, -0.2) is 4.39 Å². The van der Waals surface area contributed by atoms with Crippen LogP contribution in [0, 0.1) is 56.6 Å². The SMILES string of the molecule is CNCCn1c(-c2ccc(F)cc2)nnc1[C@@]12CC[C@]3(C)[C@H](CCC4[C@@]5(C)CC[C@H](OC(=O)CC(C)(C)C(=O)O)C(C)(C)[C@@H]5CC[C@]43C)C1=C(C(C)C)C(=O)C2. The van der Waals surface area contributed by atoms with Gasteiger partial charge in [-0.15, -0.1) is 10.2 Å². The number of halogens is 1. The fourth-order valence-electron chi connectivity index (χ4n) is 13.6. The predicted octanol–water partition coefficient (Wildman–Crippen LogP) is 8.95. The van der Waals surface area contributed by atoms with Gasteiger partial charge in [-0.3, -0.25) is 14.4 Å². The molecule has 306 valence electrons. The molecule has 10 heteroatoms. The number of carbonyl (C=O) groups excluding carboxylic acids is 2. The van der Waals surface area contributed by atoms with Crippen molar-refractivity contribution in [1.29, 1.82) is 0 Å². The van der Waals surface area contributed by atoms with Crippen molar-refractivity contribution >= 4 is 17.7 Å². The maximum Gasteiger partial charge on any atom is 0.309 e. The largest absolute Gasteiger partial charge is 0.481 e. The Bertz CT molecular complexity index is 1930. The molecular formula is C46H65FN4O5. The quantitative estimate of drug-likeness (QED) is 0.230. The van der Waals surface area contributed by atoms with Gasteiger partial charge in [0.25, 0.3) is 0 Å². The Morgan fingerprint density at radius 2 is 1.66 bits per heavy atom. The number of hydrogen-bond donors (Lipinski definition) is 2. The summed E-state index contributed by atoms with van der Waals surface area (Å²) in [4.78, 5) is 39.4. The van der Waals surface area contributed by atoms with E-state index in [0.29, 0.717) is 37.2 Å². The van der Waals surface area contributed by atoms with Crippen LogP contribution in [0.3, 0.4) is 0 Å². The summed E-state index contributed by atoms with van der Waals surface area (Å²) in [5.41, 5.74) is 1.19. The van der Waals surface area contributed by atoms with Crippen LogP contribution in [0.2, 0.25) is 0 Å². The highest BCUT2D eigenvalue weighted by Gasteiger charge is 2.71. The number of hydrogen-bond acceptors (Lipinski definition) is 7. The fourth-order valence-corrected chi connectivity index (χ4v) is 13.6. The van der Waals surface area contributed by atoms with Gasteiger partial charge in [0.05, 0.1) is 17.3 Å². The van der Waals surface area contributed by atoms with Crippen molar-refractivity contribution < 1.29 is 28.6 Å². The molecule has 2 aromatic rings. The molecule has 0 bridgehead atoms. The number of nitrogens with one attached hydrogen (secondary N) is 1. The molecule has 0 saturated heterocycles. The summed E-state index contributed by atoms with van der Waals surface area (Å²) in [6.07, 6.45) is 7.76. The Kier molecular flexibility index (Phi) is 10.1. The monoisotopic (exact) mass is 772 g/mol. The minimum absolute atomic E-state index is 0.0260. The number of Topliss-reactive ketones (excluding diaryl/α,β-unsaturated/α-hetero) is 1. The molecule has 0 spiro atoms. The van der Waals surface area contributed by atoms with Crippen molar-refractivity contribution in [3.05, 3.63) is 47.1 Å². The lowest BCUT2D eigenvalue weighted by molar-refractivity contribution is -0.232. The highest BCUT2D eigenvalue weighted by Crippen LogP contribution is 2.76. The third-order valence-electron chi connectivity index (χ3n) is 16.7. The molecular weight excluding hydrogens is 708 g/mol. The average molecular weight is 773 g/mol. The van der Waals surface area contributed by atoms with Gasteiger partial charge in [0.15, 0.2) is 11.6 Å². The van der Waals surface area contributed by atoms with Crippen molar-refractivity contribution in [1.82, 2.24) is 20.1 Å². The molecule has 0 radical (unpaired) electrons. The number of esters is 1. The number of ether oxygens (including phenoxy) is 1. The van der Waals surface area contributed by atoms with E-state index in [9.17, 15) is 23.9 Å². The minimum Gasteiger partial charge on any atom is -0.481 e. The van der Waals surface area contributed by atoms with E-state index in [4.69, 9.17) is 14.9 Å². The van der Waals surface area contributed by atoms with Crippen LogP contribution in [0.15, 0.2) is 35.4 Å². The van der Waals surface area contributed by atoms with Gasteiger partial charge in [-0.05, 0) is 148 Å². The number of aromatic nitrogens is 3. The number of nitrogens with zero attached hydrogens (tertiary/aromatic N) is 3. The van der Waals surface area contributed by atoms with Crippen LogP contribution >= 0.6 is 0 Å². The molecule has 4 saturated carbocycles. The van der Waals surface area contributed by atoms with Gasteiger partial charge >= 0.3 is 11.9 Å². The van der Waals surface area contributed by atoms with Crippen LogP contribution in [-0.2, 0) is 31.1 Å². The molecule has 5 aliphatic rings. The van der Waals surface area contributed by atoms with Gasteiger partial charge in [-0.2, -0.15) is 0 Å². The number of ketones is 1.